The van der Waals surface area contributed by atoms with E-state index in [2.05, 4.69) is 13.8 Å². The van der Waals surface area contributed by atoms with Gasteiger partial charge in [-0.05, 0) is 215 Å². The highest BCUT2D eigenvalue weighted by molar-refractivity contribution is 8.71. The smallest absolute Gasteiger partial charge is 0.304 e. The highest BCUT2D eigenvalue weighted by Crippen LogP contribution is 2.71. The Labute approximate surface area is 561 Å². The minimum Gasteiger partial charge on any atom is -0.481 e. The van der Waals surface area contributed by atoms with Crippen LogP contribution in [0.2, 0.25) is 0 Å². The summed E-state index contributed by atoms with van der Waals surface area (Å²) in [6.45, 7) is 43.1. The normalized spacial score (nSPS) is 18.5. The maximum Gasteiger partial charge on any atom is 0.304 e. The number of carbonyl (C=O) groups is 1. The summed E-state index contributed by atoms with van der Waals surface area (Å²) in [6, 6.07) is 0. The van der Waals surface area contributed by atoms with Crippen molar-refractivity contribution in [1.82, 2.24) is 0 Å². The molecule has 0 rings (SSSR count). The SMILES string of the molecule is CC(C)CP(=S)(OC(C)C)SCC(C)OP(=S)(OC(C)CSP(=S)(OC(C)C)OC(C)C)SCC(C)OP(=S)(OC(C)CSP(=S)(OC(C)CSP(=S)(OC(C)C)OC(C)C)OC(C)CSP(=S)(OC(C)C)OC(C)C)SCCC(=O)O. The van der Waals surface area contributed by atoms with E-state index in [-0.39, 0.29) is 61.0 Å². The van der Waals surface area contributed by atoms with Crippen molar-refractivity contribution in [3.63, 3.8) is 0 Å². The van der Waals surface area contributed by atoms with E-state index in [0.717, 1.165) is 6.16 Å². The third-order valence-corrected chi connectivity index (χ3v) is 48.7. The molecule has 0 aromatic heterocycles. The minimum absolute atomic E-state index is 0.0121. The molecule has 0 saturated heterocycles. The van der Waals surface area contributed by atoms with Crippen molar-refractivity contribution in [2.75, 3.05) is 46.4 Å². The summed E-state index contributed by atoms with van der Waals surface area (Å²) < 4.78 is 83.8. The van der Waals surface area contributed by atoms with Gasteiger partial charge in [0.05, 0.1) is 85.8 Å². The van der Waals surface area contributed by atoms with E-state index < -0.39 is 76.1 Å². The molecule has 1 N–H and O–H groups in total. The summed E-state index contributed by atoms with van der Waals surface area (Å²) in [6.07, 6.45) is -2.83. The molecule has 0 radical (unpaired) electrons. The minimum atomic E-state index is -3.26. The van der Waals surface area contributed by atoms with Gasteiger partial charge in [-0.1, -0.05) is 105 Å². The van der Waals surface area contributed by atoms with Crippen LogP contribution in [-0.2, 0) is 146 Å². The molecule has 0 fully saturated rings. The zero-order valence-corrected chi connectivity index (χ0v) is 69.6. The number of aliphatic carboxylic acids is 1. The van der Waals surface area contributed by atoms with Gasteiger partial charge in [0.2, 0.25) is 34.2 Å². The van der Waals surface area contributed by atoms with Gasteiger partial charge in [0.25, 0.3) is 0 Å². The molecule has 9 unspecified atom stereocenters. The lowest BCUT2D eigenvalue weighted by Crippen LogP contribution is -2.18. The maximum absolute atomic E-state index is 11.8. The van der Waals surface area contributed by atoms with Crippen molar-refractivity contribution in [2.45, 2.75) is 238 Å². The molecule has 0 bridgehead atoms. The van der Waals surface area contributed by atoms with E-state index in [1.807, 2.05) is 138 Å². The Morgan fingerprint density at radius 1 is 0.317 bits per heavy atom. The number of hydrogen-bond donors (Lipinski definition) is 1. The summed E-state index contributed by atoms with van der Waals surface area (Å²) in [5.74, 6) is 2.05. The molecule has 82 heavy (non-hydrogen) atoms. The van der Waals surface area contributed by atoms with E-state index >= 15 is 0 Å². The first-order valence-electron chi connectivity index (χ1n) is 27.2. The molecule has 9 atom stereocenters. The Hall–Kier alpha value is 5.95. The molecule has 492 valence electrons. The number of carboxylic acid groups (broad SMARTS) is 1. The molecule has 0 heterocycles. The fourth-order valence-corrected chi connectivity index (χ4v) is 47.9. The summed E-state index contributed by atoms with van der Waals surface area (Å²) in [4.78, 5) is 11.8. The lowest BCUT2D eigenvalue weighted by Gasteiger charge is -2.33. The average molecular weight is 1560 g/mol. The van der Waals surface area contributed by atoms with Crippen LogP contribution in [0.15, 0.2) is 0 Å². The van der Waals surface area contributed by atoms with Gasteiger partial charge < -0.3 is 63.9 Å². The van der Waals surface area contributed by atoms with Gasteiger partial charge in [0.15, 0.2) is 0 Å². The van der Waals surface area contributed by atoms with E-state index in [1.165, 1.54) is 68.3 Å². The lowest BCUT2D eigenvalue weighted by molar-refractivity contribution is -0.136. The van der Waals surface area contributed by atoms with Crippen molar-refractivity contribution < 1.29 is 68.7 Å². The molecule has 0 aliphatic heterocycles. The molecule has 0 aliphatic carbocycles. The summed E-state index contributed by atoms with van der Waals surface area (Å²) in [5.41, 5.74) is -20.0. The zero-order valence-electron chi connectivity index (χ0n) is 52.0. The van der Waals surface area contributed by atoms with Gasteiger partial charge >= 0.3 is 5.97 Å². The quantitative estimate of drug-likeness (QED) is 0.0573. The van der Waals surface area contributed by atoms with E-state index in [1.54, 1.807) is 11.4 Å². The van der Waals surface area contributed by atoms with Crippen molar-refractivity contribution in [3.8, 4) is 0 Å². The Morgan fingerprint density at radius 3 is 0.707 bits per heavy atom. The summed E-state index contributed by atoms with van der Waals surface area (Å²) >= 11 is 52.9. The average Bonchev–Trinajstić information content (AvgIpc) is 3.26. The van der Waals surface area contributed by atoms with Crippen LogP contribution in [0, 0.1) is 5.92 Å². The van der Waals surface area contributed by atoms with Crippen LogP contribution < -0.4 is 0 Å². The molecule has 0 spiro atoms. The van der Waals surface area contributed by atoms with E-state index in [9.17, 15) is 9.90 Å². The number of hydrogen-bond acceptors (Lipinski definition) is 28. The highest BCUT2D eigenvalue weighted by atomic mass is 32.9. The first-order valence-corrected chi connectivity index (χ1v) is 57.0. The topological polar surface area (TPSA) is 157 Å². The van der Waals surface area contributed by atoms with Gasteiger partial charge in [-0.15, -0.1) is 0 Å². The molecular formula is C46H99O15P7S14. The fourth-order valence-electron chi connectivity index (χ4n) is 5.91. The number of carboxylic acids is 1. The lowest BCUT2D eigenvalue weighted by atomic mass is 10.3. The van der Waals surface area contributed by atoms with Crippen molar-refractivity contribution >= 4 is 208 Å². The van der Waals surface area contributed by atoms with Crippen molar-refractivity contribution in [3.05, 3.63) is 0 Å². The van der Waals surface area contributed by atoms with Gasteiger partial charge in [-0.2, -0.15) is 0 Å². The van der Waals surface area contributed by atoms with Gasteiger partial charge in [-0.25, -0.2) is 0 Å². The molecular weight excluding hydrogens is 1460 g/mol. The molecule has 0 aromatic rings. The van der Waals surface area contributed by atoms with Gasteiger partial charge in [-0.3, -0.25) is 4.79 Å². The Balaban J connectivity index is 6.91. The predicted octanol–water partition coefficient (Wildman–Crippen LogP) is 20.3. The molecule has 0 aliphatic rings. The molecule has 36 heteroatoms. The Bertz CT molecular complexity index is 1890. The number of rotatable bonds is 50. The summed E-state index contributed by atoms with van der Waals surface area (Å²) in [7, 11) is 0. The van der Waals surface area contributed by atoms with Crippen LogP contribution in [0.1, 0.15) is 159 Å². The highest BCUT2D eigenvalue weighted by Gasteiger charge is 2.36. The summed E-state index contributed by atoms with van der Waals surface area (Å²) in [5, 5.41) is 9.68. The standard InChI is InChI=1S/C46H99O15P7S14/c1-32(2)25-62(69,49-33(3)4)77-26-40(17)58-67(74,59-43(20)27-78-63(70,50-34(5)6)51-35(7)8)81-30-41(18)56-66(73,76-24-23-46(47)48)57-42(19)31-82-68(75,60-44(21)28-79-64(71,52-36(9)10)53-37(11)12)61-45(22)29-80-65(72,54-38(13)14)55-39(15)16/h32-45H,23-31H2,1-22H3,(H,47,48). The predicted molar refractivity (Wildman–Crippen MR) is 396 cm³/mol. The monoisotopic (exact) mass is 1560 g/mol. The fraction of sp³-hybridized carbons (Fsp3) is 0.978. The first-order chi connectivity index (χ1) is 37.4. The third-order valence-electron chi connectivity index (χ3n) is 8.26. The molecule has 0 saturated carbocycles. The van der Waals surface area contributed by atoms with Crippen LogP contribution in [-0.4, -0.2) is 137 Å². The van der Waals surface area contributed by atoms with Gasteiger partial charge in [0, 0.05) is 46.4 Å². The first kappa shape index (κ1) is 88.0. The Kier molecular flexibility index (Phi) is 46.3. The van der Waals surface area contributed by atoms with Gasteiger partial charge in [0.1, 0.15) is 5.47 Å². The van der Waals surface area contributed by atoms with Crippen LogP contribution in [0.5, 0.6) is 0 Å². The largest absolute Gasteiger partial charge is 0.481 e. The third kappa shape index (κ3) is 43.8. The van der Waals surface area contributed by atoms with Crippen molar-refractivity contribution in [2.24, 2.45) is 5.92 Å². The van der Waals surface area contributed by atoms with E-state index in [0.29, 0.717) is 40.4 Å². The van der Waals surface area contributed by atoms with Crippen LogP contribution in [0.3, 0.4) is 0 Å². The Morgan fingerprint density at radius 2 is 0.512 bits per heavy atom. The van der Waals surface area contributed by atoms with Crippen molar-refractivity contribution in [1.29, 1.82) is 0 Å². The zero-order chi connectivity index (χ0) is 63.7. The molecule has 15 nitrogen and oxygen atoms in total. The van der Waals surface area contributed by atoms with Crippen LogP contribution in [0.4, 0.5) is 0 Å². The molecule has 0 aromatic carbocycles. The molecule has 0 amide bonds. The second-order valence-electron chi connectivity index (χ2n) is 21.2. The van der Waals surface area contributed by atoms with Crippen LogP contribution >= 0.6 is 119 Å². The van der Waals surface area contributed by atoms with E-state index in [4.69, 9.17) is 141 Å². The second kappa shape index (κ2) is 43.2. The second-order valence-corrected chi connectivity index (χ2v) is 66.2. The maximum atomic E-state index is 11.8. The van der Waals surface area contributed by atoms with Crippen LogP contribution in [0.25, 0.3) is 0 Å².